The fourth-order valence-electron chi connectivity index (χ4n) is 2.68. The van der Waals surface area contributed by atoms with Crippen LogP contribution in [0.4, 0.5) is 4.39 Å². The highest BCUT2D eigenvalue weighted by Gasteiger charge is 2.19. The first-order valence-corrected chi connectivity index (χ1v) is 10.3. The van der Waals surface area contributed by atoms with E-state index in [-0.39, 0.29) is 24.3 Å². The van der Waals surface area contributed by atoms with Gasteiger partial charge in [-0.25, -0.2) is 4.39 Å². The molecule has 3 aromatic rings. The minimum atomic E-state index is -0.420. The third-order valence-corrected chi connectivity index (χ3v) is 4.93. The molecule has 0 unspecified atom stereocenters. The smallest absolute Gasteiger partial charge is 0.230 e. The molecule has 0 fully saturated rings. The quantitative estimate of drug-likeness (QED) is 0.523. The topological polar surface area (TPSA) is 78.3 Å². The number of hydrogen-bond acceptors (Lipinski definition) is 6. The van der Waals surface area contributed by atoms with E-state index in [0.29, 0.717) is 22.4 Å². The normalized spacial score (nSPS) is 10.8. The Balaban J connectivity index is 1.82. The van der Waals surface area contributed by atoms with Crippen LogP contribution in [-0.2, 0) is 11.4 Å². The Bertz CT molecular complexity index is 992. The second-order valence-electron chi connectivity index (χ2n) is 6.66. The number of methoxy groups -OCH3 is 1. The maximum Gasteiger partial charge on any atom is 0.230 e. The van der Waals surface area contributed by atoms with E-state index in [2.05, 4.69) is 15.5 Å². The van der Waals surface area contributed by atoms with Crippen LogP contribution in [0.5, 0.6) is 11.5 Å². The SMILES string of the molecule is COc1ccc(OCc2nnc(SCC(=O)NC(C)C)n2-c2ccccc2F)cc1. The minimum absolute atomic E-state index is 0.0380. The number of para-hydroxylation sites is 1. The number of nitrogens with zero attached hydrogens (tertiary/aromatic N) is 3. The van der Waals surface area contributed by atoms with Gasteiger partial charge in [0.1, 0.15) is 23.9 Å². The van der Waals surface area contributed by atoms with Crippen molar-refractivity contribution >= 4 is 17.7 Å². The van der Waals surface area contributed by atoms with Crippen LogP contribution in [0, 0.1) is 5.82 Å². The van der Waals surface area contributed by atoms with Gasteiger partial charge in [0, 0.05) is 6.04 Å². The van der Waals surface area contributed by atoms with Crippen molar-refractivity contribution in [3.05, 3.63) is 60.2 Å². The lowest BCUT2D eigenvalue weighted by atomic mass is 10.3. The molecule has 3 rings (SSSR count). The molecule has 2 aromatic carbocycles. The second kappa shape index (κ2) is 10.1. The van der Waals surface area contributed by atoms with E-state index >= 15 is 0 Å². The van der Waals surface area contributed by atoms with E-state index in [1.54, 1.807) is 54.1 Å². The van der Waals surface area contributed by atoms with Crippen LogP contribution < -0.4 is 14.8 Å². The Labute approximate surface area is 178 Å². The molecule has 0 bridgehead atoms. The summed E-state index contributed by atoms with van der Waals surface area (Å²) in [5, 5.41) is 11.5. The van der Waals surface area contributed by atoms with Gasteiger partial charge < -0.3 is 14.8 Å². The highest BCUT2D eigenvalue weighted by Crippen LogP contribution is 2.25. The van der Waals surface area contributed by atoms with Gasteiger partial charge in [0.2, 0.25) is 5.91 Å². The second-order valence-corrected chi connectivity index (χ2v) is 7.60. The van der Waals surface area contributed by atoms with E-state index < -0.39 is 5.82 Å². The molecule has 0 spiro atoms. The van der Waals surface area contributed by atoms with E-state index in [1.165, 1.54) is 17.8 Å². The van der Waals surface area contributed by atoms with Crippen LogP contribution in [0.15, 0.2) is 53.7 Å². The first-order valence-electron chi connectivity index (χ1n) is 9.36. The number of aromatic nitrogens is 3. The molecule has 0 aliphatic heterocycles. The van der Waals surface area contributed by atoms with E-state index in [9.17, 15) is 9.18 Å². The molecule has 1 amide bonds. The fraction of sp³-hybridized carbons (Fsp3) is 0.286. The number of benzene rings is 2. The average molecular weight is 431 g/mol. The zero-order valence-electron chi connectivity index (χ0n) is 17.0. The van der Waals surface area contributed by atoms with Crippen LogP contribution in [0.3, 0.4) is 0 Å². The lowest BCUT2D eigenvalue weighted by Crippen LogP contribution is -2.31. The van der Waals surface area contributed by atoms with Gasteiger partial charge in [0.15, 0.2) is 11.0 Å². The fourth-order valence-corrected chi connectivity index (χ4v) is 3.45. The van der Waals surface area contributed by atoms with Crippen molar-refractivity contribution in [2.45, 2.75) is 31.7 Å². The predicted molar refractivity (Wildman–Crippen MR) is 113 cm³/mol. The number of hydrogen-bond donors (Lipinski definition) is 1. The van der Waals surface area contributed by atoms with E-state index in [0.717, 1.165) is 5.75 Å². The van der Waals surface area contributed by atoms with Crippen molar-refractivity contribution in [2.75, 3.05) is 12.9 Å². The van der Waals surface area contributed by atoms with Crippen molar-refractivity contribution in [1.29, 1.82) is 0 Å². The first-order chi connectivity index (χ1) is 14.5. The summed E-state index contributed by atoms with van der Waals surface area (Å²) in [6.07, 6.45) is 0. The van der Waals surface area contributed by atoms with Crippen molar-refractivity contribution < 1.29 is 18.7 Å². The molecular weight excluding hydrogens is 407 g/mol. The van der Waals surface area contributed by atoms with Gasteiger partial charge in [-0.3, -0.25) is 9.36 Å². The van der Waals surface area contributed by atoms with Crippen LogP contribution >= 0.6 is 11.8 Å². The molecule has 158 valence electrons. The highest BCUT2D eigenvalue weighted by atomic mass is 32.2. The van der Waals surface area contributed by atoms with Crippen LogP contribution in [0.2, 0.25) is 0 Å². The van der Waals surface area contributed by atoms with Crippen molar-refractivity contribution in [1.82, 2.24) is 20.1 Å². The Morgan fingerprint density at radius 1 is 1.13 bits per heavy atom. The molecule has 0 saturated heterocycles. The molecule has 0 aliphatic carbocycles. The van der Waals surface area contributed by atoms with E-state index in [1.807, 2.05) is 13.8 Å². The van der Waals surface area contributed by atoms with Crippen LogP contribution in [0.25, 0.3) is 5.69 Å². The van der Waals surface area contributed by atoms with Gasteiger partial charge in [-0.05, 0) is 50.2 Å². The van der Waals surface area contributed by atoms with Gasteiger partial charge in [-0.15, -0.1) is 10.2 Å². The summed E-state index contributed by atoms with van der Waals surface area (Å²) in [5.74, 6) is 1.34. The molecular formula is C21H23FN4O3S. The number of nitrogens with one attached hydrogen (secondary N) is 1. The maximum absolute atomic E-state index is 14.5. The number of carbonyl (C=O) groups excluding carboxylic acids is 1. The number of carbonyl (C=O) groups is 1. The summed E-state index contributed by atoms with van der Waals surface area (Å²) in [6.45, 7) is 3.85. The maximum atomic E-state index is 14.5. The Morgan fingerprint density at radius 2 is 1.83 bits per heavy atom. The van der Waals surface area contributed by atoms with Crippen molar-refractivity contribution in [3.8, 4) is 17.2 Å². The largest absolute Gasteiger partial charge is 0.497 e. The molecule has 0 aliphatic rings. The summed E-state index contributed by atoms with van der Waals surface area (Å²) >= 11 is 1.19. The third-order valence-electron chi connectivity index (χ3n) is 4.00. The molecule has 1 N–H and O–H groups in total. The zero-order chi connectivity index (χ0) is 21.5. The predicted octanol–water partition coefficient (Wildman–Crippen LogP) is 3.61. The molecule has 30 heavy (non-hydrogen) atoms. The standard InChI is InChI=1S/C21H23FN4O3S/c1-14(2)23-20(27)13-30-21-25-24-19(26(21)18-7-5-4-6-17(18)22)12-29-16-10-8-15(28-3)9-11-16/h4-11,14H,12-13H2,1-3H3,(H,23,27). The molecule has 9 heteroatoms. The summed E-state index contributed by atoms with van der Waals surface area (Å²) in [4.78, 5) is 12.0. The number of rotatable bonds is 9. The van der Waals surface area contributed by atoms with Gasteiger partial charge in [0.25, 0.3) is 0 Å². The van der Waals surface area contributed by atoms with Crippen molar-refractivity contribution in [2.24, 2.45) is 0 Å². The molecule has 0 atom stereocenters. The number of halogens is 1. The summed E-state index contributed by atoms with van der Waals surface area (Å²) in [6, 6.07) is 13.5. The van der Waals surface area contributed by atoms with Crippen LogP contribution in [-0.4, -0.2) is 39.6 Å². The summed E-state index contributed by atoms with van der Waals surface area (Å²) in [7, 11) is 1.59. The summed E-state index contributed by atoms with van der Waals surface area (Å²) in [5.41, 5.74) is 0.294. The lowest BCUT2D eigenvalue weighted by Gasteiger charge is -2.12. The first kappa shape index (κ1) is 21.6. The Kier molecular flexibility index (Phi) is 7.29. The van der Waals surface area contributed by atoms with Crippen LogP contribution in [0.1, 0.15) is 19.7 Å². The monoisotopic (exact) mass is 430 g/mol. The third kappa shape index (κ3) is 5.50. The number of thioether (sulfide) groups is 1. The molecule has 1 heterocycles. The lowest BCUT2D eigenvalue weighted by molar-refractivity contribution is -0.119. The van der Waals surface area contributed by atoms with Gasteiger partial charge in [-0.1, -0.05) is 23.9 Å². The molecule has 1 aromatic heterocycles. The number of amides is 1. The van der Waals surface area contributed by atoms with Gasteiger partial charge in [0.05, 0.1) is 18.6 Å². The van der Waals surface area contributed by atoms with E-state index in [4.69, 9.17) is 9.47 Å². The molecule has 0 radical (unpaired) electrons. The zero-order valence-corrected chi connectivity index (χ0v) is 17.8. The molecule has 7 nitrogen and oxygen atoms in total. The molecule has 0 saturated carbocycles. The summed E-state index contributed by atoms with van der Waals surface area (Å²) < 4.78 is 27.0. The van der Waals surface area contributed by atoms with Crippen molar-refractivity contribution in [3.63, 3.8) is 0 Å². The van der Waals surface area contributed by atoms with Gasteiger partial charge in [-0.2, -0.15) is 0 Å². The highest BCUT2D eigenvalue weighted by molar-refractivity contribution is 7.99. The minimum Gasteiger partial charge on any atom is -0.497 e. The van der Waals surface area contributed by atoms with Gasteiger partial charge >= 0.3 is 0 Å². The number of ether oxygens (including phenoxy) is 2. The Hall–Kier alpha value is -3.07. The Morgan fingerprint density at radius 3 is 2.50 bits per heavy atom. The average Bonchev–Trinajstić information content (AvgIpc) is 3.13.